The Balaban J connectivity index is 1.54. The lowest BCUT2D eigenvalue weighted by Crippen LogP contribution is -2.25. The maximum atomic E-state index is 12.6. The number of aromatic nitrogens is 1. The third-order valence-corrected chi connectivity index (χ3v) is 4.55. The van der Waals surface area contributed by atoms with E-state index in [4.69, 9.17) is 0 Å². The molecule has 1 saturated heterocycles. The maximum Gasteiger partial charge on any atom is 0.255 e. The normalized spacial score (nSPS) is 13.8. The highest BCUT2D eigenvalue weighted by Gasteiger charge is 2.24. The summed E-state index contributed by atoms with van der Waals surface area (Å²) in [5.41, 5.74) is 2.98. The Hall–Kier alpha value is -3.34. The van der Waals surface area contributed by atoms with Crippen LogP contribution in [-0.4, -0.2) is 22.9 Å². The average molecular weight is 345 g/mol. The van der Waals surface area contributed by atoms with Crippen LogP contribution in [0.5, 0.6) is 0 Å². The smallest absolute Gasteiger partial charge is 0.255 e. The quantitative estimate of drug-likeness (QED) is 0.781. The van der Waals surface area contributed by atoms with Gasteiger partial charge in [-0.3, -0.25) is 9.59 Å². The number of rotatable bonds is 4. The molecule has 0 bridgehead atoms. The van der Waals surface area contributed by atoms with Crippen molar-refractivity contribution >= 4 is 23.2 Å². The molecule has 130 valence electrons. The molecule has 1 fully saturated rings. The molecule has 1 N–H and O–H groups in total. The molecule has 1 aromatic heterocycles. The lowest BCUT2D eigenvalue weighted by Gasteiger charge is -2.20. The number of anilines is 2. The molecule has 2 aromatic carbocycles. The predicted molar refractivity (Wildman–Crippen MR) is 102 cm³/mol. The van der Waals surface area contributed by atoms with Crippen LogP contribution in [0.4, 0.5) is 11.4 Å². The molecule has 2 heterocycles. The minimum absolute atomic E-state index is 0.0998. The van der Waals surface area contributed by atoms with Gasteiger partial charge in [0.05, 0.1) is 11.4 Å². The van der Waals surface area contributed by atoms with Gasteiger partial charge >= 0.3 is 0 Å². The van der Waals surface area contributed by atoms with Gasteiger partial charge in [0.15, 0.2) is 0 Å². The van der Waals surface area contributed by atoms with Crippen LogP contribution in [0.3, 0.4) is 0 Å². The van der Waals surface area contributed by atoms with Crippen molar-refractivity contribution < 1.29 is 9.59 Å². The molecule has 0 aliphatic carbocycles. The Kier molecular flexibility index (Phi) is 4.27. The monoisotopic (exact) mass is 345 g/mol. The van der Waals surface area contributed by atoms with Crippen LogP contribution in [0.25, 0.3) is 5.69 Å². The van der Waals surface area contributed by atoms with E-state index in [1.807, 2.05) is 65.5 Å². The molecule has 0 atom stereocenters. The lowest BCUT2D eigenvalue weighted by atomic mass is 10.1. The molecule has 0 radical (unpaired) electrons. The van der Waals surface area contributed by atoms with Crippen molar-refractivity contribution in [2.45, 2.75) is 12.8 Å². The fraction of sp³-hybridized carbons (Fsp3) is 0.143. The number of nitrogens with zero attached hydrogens (tertiary/aromatic N) is 2. The summed E-state index contributed by atoms with van der Waals surface area (Å²) in [6.45, 7) is 0.692. The number of carbonyl (C=O) groups excluding carboxylic acids is 2. The van der Waals surface area contributed by atoms with Gasteiger partial charge in [-0.2, -0.15) is 0 Å². The molecular formula is C21H19N3O2. The van der Waals surface area contributed by atoms with E-state index in [9.17, 15) is 9.59 Å². The predicted octanol–water partition coefficient (Wildman–Crippen LogP) is 3.86. The van der Waals surface area contributed by atoms with Gasteiger partial charge in [-0.05, 0) is 55.0 Å². The number of amides is 2. The summed E-state index contributed by atoms with van der Waals surface area (Å²) in [4.78, 5) is 26.4. The van der Waals surface area contributed by atoms with E-state index in [-0.39, 0.29) is 11.8 Å². The van der Waals surface area contributed by atoms with Gasteiger partial charge in [-0.25, -0.2) is 0 Å². The van der Waals surface area contributed by atoms with Crippen LogP contribution in [0, 0.1) is 0 Å². The Morgan fingerprint density at radius 3 is 2.35 bits per heavy atom. The Morgan fingerprint density at radius 1 is 0.923 bits per heavy atom. The highest BCUT2D eigenvalue weighted by Crippen LogP contribution is 2.29. The van der Waals surface area contributed by atoms with Crippen LogP contribution in [0.15, 0.2) is 73.1 Å². The molecule has 4 rings (SSSR count). The number of hydrogen-bond donors (Lipinski definition) is 1. The van der Waals surface area contributed by atoms with Crippen molar-refractivity contribution in [2.75, 3.05) is 16.8 Å². The van der Waals surface area contributed by atoms with Crippen molar-refractivity contribution in [1.29, 1.82) is 0 Å². The van der Waals surface area contributed by atoms with Gasteiger partial charge in [0.25, 0.3) is 5.91 Å². The first-order valence-electron chi connectivity index (χ1n) is 8.66. The van der Waals surface area contributed by atoms with Crippen LogP contribution in [0.2, 0.25) is 0 Å². The minimum atomic E-state index is -0.192. The minimum Gasteiger partial charge on any atom is -0.324 e. The largest absolute Gasteiger partial charge is 0.324 e. The van der Waals surface area contributed by atoms with E-state index in [1.54, 1.807) is 17.0 Å². The van der Waals surface area contributed by atoms with Crippen LogP contribution in [0.1, 0.15) is 23.2 Å². The van der Waals surface area contributed by atoms with Crippen molar-refractivity contribution in [3.05, 3.63) is 78.6 Å². The van der Waals surface area contributed by atoms with E-state index in [1.165, 1.54) is 0 Å². The topological polar surface area (TPSA) is 54.3 Å². The summed E-state index contributed by atoms with van der Waals surface area (Å²) in [7, 11) is 0. The molecule has 0 unspecified atom stereocenters. The number of nitrogens with one attached hydrogen (secondary N) is 1. The summed E-state index contributed by atoms with van der Waals surface area (Å²) < 4.78 is 1.98. The zero-order valence-corrected chi connectivity index (χ0v) is 14.3. The summed E-state index contributed by atoms with van der Waals surface area (Å²) in [6, 6.07) is 18.8. The maximum absolute atomic E-state index is 12.6. The third-order valence-electron chi connectivity index (χ3n) is 4.55. The number of hydrogen-bond acceptors (Lipinski definition) is 2. The molecule has 5 nitrogen and oxygen atoms in total. The van der Waals surface area contributed by atoms with Crippen molar-refractivity contribution in [2.24, 2.45) is 0 Å². The van der Waals surface area contributed by atoms with Gasteiger partial charge in [0, 0.05) is 36.6 Å². The van der Waals surface area contributed by atoms with Crippen LogP contribution >= 0.6 is 0 Å². The summed E-state index contributed by atoms with van der Waals surface area (Å²) >= 11 is 0. The second kappa shape index (κ2) is 6.88. The van der Waals surface area contributed by atoms with Crippen molar-refractivity contribution in [3.8, 4) is 5.69 Å². The molecule has 0 saturated carbocycles. The highest BCUT2D eigenvalue weighted by molar-refractivity contribution is 6.08. The fourth-order valence-electron chi connectivity index (χ4n) is 3.20. The Labute approximate surface area is 151 Å². The van der Waals surface area contributed by atoms with Gasteiger partial charge in [0.2, 0.25) is 5.91 Å². The molecule has 3 aromatic rings. The molecule has 1 aliphatic rings. The molecular weight excluding hydrogens is 326 g/mol. The third kappa shape index (κ3) is 3.11. The average Bonchev–Trinajstić information content (AvgIpc) is 3.34. The summed E-state index contributed by atoms with van der Waals surface area (Å²) in [5.74, 6) is -0.0917. The highest BCUT2D eigenvalue weighted by atomic mass is 16.2. The molecule has 5 heteroatoms. The Bertz CT molecular complexity index is 930. The fourth-order valence-corrected chi connectivity index (χ4v) is 3.20. The van der Waals surface area contributed by atoms with E-state index >= 15 is 0 Å². The first kappa shape index (κ1) is 16.1. The molecule has 0 spiro atoms. The number of carbonyl (C=O) groups is 2. The lowest BCUT2D eigenvalue weighted by molar-refractivity contribution is -0.117. The van der Waals surface area contributed by atoms with E-state index in [2.05, 4.69) is 5.32 Å². The summed E-state index contributed by atoms with van der Waals surface area (Å²) in [6.07, 6.45) is 5.32. The molecule has 2 amide bonds. The van der Waals surface area contributed by atoms with E-state index < -0.39 is 0 Å². The van der Waals surface area contributed by atoms with Gasteiger partial charge in [0.1, 0.15) is 0 Å². The second-order valence-corrected chi connectivity index (χ2v) is 6.26. The summed E-state index contributed by atoms with van der Waals surface area (Å²) in [5, 5.41) is 2.94. The Morgan fingerprint density at radius 2 is 1.65 bits per heavy atom. The first-order valence-corrected chi connectivity index (χ1v) is 8.66. The van der Waals surface area contributed by atoms with E-state index in [0.29, 0.717) is 24.2 Å². The van der Waals surface area contributed by atoms with Crippen LogP contribution in [-0.2, 0) is 4.79 Å². The van der Waals surface area contributed by atoms with Crippen LogP contribution < -0.4 is 10.2 Å². The van der Waals surface area contributed by atoms with E-state index in [0.717, 1.165) is 17.8 Å². The van der Waals surface area contributed by atoms with Gasteiger partial charge in [-0.15, -0.1) is 0 Å². The van der Waals surface area contributed by atoms with Gasteiger partial charge in [-0.1, -0.05) is 12.1 Å². The first-order chi connectivity index (χ1) is 12.7. The van der Waals surface area contributed by atoms with Crippen molar-refractivity contribution in [1.82, 2.24) is 4.57 Å². The number of para-hydroxylation sites is 2. The molecule has 1 aliphatic heterocycles. The molecule has 26 heavy (non-hydrogen) atoms. The number of benzene rings is 2. The van der Waals surface area contributed by atoms with Gasteiger partial charge < -0.3 is 14.8 Å². The second-order valence-electron chi connectivity index (χ2n) is 6.26. The standard InChI is InChI=1S/C21H19N3O2/c25-20-8-5-15-24(20)19-7-2-1-6-18(19)22-21(26)16-9-11-17(12-10-16)23-13-3-4-14-23/h1-4,6-7,9-14H,5,8,15H2,(H,22,26). The zero-order valence-electron chi connectivity index (χ0n) is 14.3. The SMILES string of the molecule is O=C(Nc1ccccc1N1CCCC1=O)c1ccc(-n2cccc2)cc1. The zero-order chi connectivity index (χ0) is 17.9. The van der Waals surface area contributed by atoms with Crippen molar-refractivity contribution in [3.63, 3.8) is 0 Å².